The molecule has 0 aromatic rings. The molecule has 0 aliphatic carbocycles. The normalized spacial score (nSPS) is 22.2. The molecule has 0 aromatic heterocycles. The second-order valence-electron chi connectivity index (χ2n) is 2.80. The molecular formula is C8H11NO3. The van der Waals surface area contributed by atoms with Crippen molar-refractivity contribution < 1.29 is 14.7 Å². The van der Waals surface area contributed by atoms with E-state index in [2.05, 4.69) is 11.9 Å². The van der Waals surface area contributed by atoms with Crippen LogP contribution >= 0.6 is 0 Å². The molecular weight excluding hydrogens is 158 g/mol. The minimum absolute atomic E-state index is 0.325. The first kappa shape index (κ1) is 8.93. The van der Waals surface area contributed by atoms with Crippen molar-refractivity contribution in [3.05, 3.63) is 12.2 Å². The van der Waals surface area contributed by atoms with E-state index in [4.69, 9.17) is 5.11 Å². The fourth-order valence-corrected chi connectivity index (χ4v) is 1.22. The van der Waals surface area contributed by atoms with Gasteiger partial charge in [0.25, 0.3) is 0 Å². The van der Waals surface area contributed by atoms with Crippen molar-refractivity contribution in [2.24, 2.45) is 0 Å². The lowest BCUT2D eigenvalue weighted by atomic mass is 10.0. The highest BCUT2D eigenvalue weighted by atomic mass is 16.4. The predicted molar refractivity (Wildman–Crippen MR) is 42.8 cm³/mol. The molecule has 1 fully saturated rings. The Bertz CT molecular complexity index is 228. The van der Waals surface area contributed by atoms with Crippen LogP contribution in [0.1, 0.15) is 12.8 Å². The quantitative estimate of drug-likeness (QED) is 0.353. The lowest BCUT2D eigenvalue weighted by Crippen LogP contribution is -2.33. The van der Waals surface area contributed by atoms with E-state index in [0.29, 0.717) is 6.42 Å². The zero-order valence-electron chi connectivity index (χ0n) is 6.67. The number of rotatable bonds is 3. The van der Waals surface area contributed by atoms with Gasteiger partial charge in [-0.3, -0.25) is 4.79 Å². The Hall–Kier alpha value is -1.16. The van der Waals surface area contributed by atoms with Crippen LogP contribution in [0.5, 0.6) is 0 Å². The van der Waals surface area contributed by atoms with Crippen LogP contribution in [-0.4, -0.2) is 29.4 Å². The molecule has 1 heterocycles. The molecule has 1 aliphatic rings. The summed E-state index contributed by atoms with van der Waals surface area (Å²) >= 11 is 0. The largest absolute Gasteiger partial charge is 0.478 e. The van der Waals surface area contributed by atoms with E-state index in [0.717, 1.165) is 13.0 Å². The van der Waals surface area contributed by atoms with Crippen molar-refractivity contribution in [3.8, 4) is 0 Å². The predicted octanol–water partition coefficient (Wildman–Crippen LogP) is -0.0517. The van der Waals surface area contributed by atoms with Gasteiger partial charge in [0.1, 0.15) is 0 Å². The maximum absolute atomic E-state index is 11.2. The van der Waals surface area contributed by atoms with E-state index in [1.807, 2.05) is 0 Å². The second-order valence-corrected chi connectivity index (χ2v) is 2.80. The fraction of sp³-hybridized carbons (Fsp3) is 0.500. The zero-order chi connectivity index (χ0) is 9.14. The first-order chi connectivity index (χ1) is 5.63. The molecule has 0 bridgehead atoms. The molecule has 12 heavy (non-hydrogen) atoms. The van der Waals surface area contributed by atoms with Gasteiger partial charge in [-0.2, -0.15) is 0 Å². The van der Waals surface area contributed by atoms with Crippen LogP contribution in [0.2, 0.25) is 0 Å². The number of Topliss-reactive ketones (excluding diaryl/α,β-unsaturated/α-hetero) is 1. The monoisotopic (exact) mass is 169 g/mol. The minimum atomic E-state index is -1.23. The summed E-state index contributed by atoms with van der Waals surface area (Å²) in [6.07, 6.45) is 1.63. The minimum Gasteiger partial charge on any atom is -0.478 e. The van der Waals surface area contributed by atoms with Gasteiger partial charge in [-0.1, -0.05) is 6.58 Å². The average Bonchev–Trinajstić information content (AvgIpc) is 2.53. The van der Waals surface area contributed by atoms with Gasteiger partial charge < -0.3 is 10.4 Å². The number of carbonyl (C=O) groups is 2. The number of aliphatic carboxylic acids is 1. The van der Waals surface area contributed by atoms with E-state index in [1.165, 1.54) is 0 Å². The highest BCUT2D eigenvalue weighted by Crippen LogP contribution is 2.09. The Morgan fingerprint density at radius 1 is 1.50 bits per heavy atom. The third-order valence-corrected chi connectivity index (χ3v) is 1.93. The SMILES string of the molecule is C=C(C(=O)O)C(=O)[C@H]1CCCN1. The summed E-state index contributed by atoms with van der Waals surface area (Å²) in [5.41, 5.74) is -0.325. The first-order valence-electron chi connectivity index (χ1n) is 3.82. The van der Waals surface area contributed by atoms with Gasteiger partial charge in [0.2, 0.25) is 0 Å². The Morgan fingerprint density at radius 3 is 2.58 bits per heavy atom. The topological polar surface area (TPSA) is 66.4 Å². The molecule has 0 aromatic carbocycles. The number of nitrogens with one attached hydrogen (secondary N) is 1. The van der Waals surface area contributed by atoms with Gasteiger partial charge in [-0.05, 0) is 19.4 Å². The molecule has 0 amide bonds. The van der Waals surface area contributed by atoms with Gasteiger partial charge in [0.15, 0.2) is 5.78 Å². The van der Waals surface area contributed by atoms with Gasteiger partial charge in [-0.15, -0.1) is 0 Å². The van der Waals surface area contributed by atoms with Crippen LogP contribution in [0.25, 0.3) is 0 Å². The van der Waals surface area contributed by atoms with Gasteiger partial charge in [0.05, 0.1) is 11.6 Å². The Kier molecular flexibility index (Phi) is 2.60. The fourth-order valence-electron chi connectivity index (χ4n) is 1.22. The number of hydrogen-bond acceptors (Lipinski definition) is 3. The number of carbonyl (C=O) groups excluding carboxylic acids is 1. The van der Waals surface area contributed by atoms with Crippen molar-refractivity contribution in [1.82, 2.24) is 5.32 Å². The van der Waals surface area contributed by atoms with Crippen LogP contribution < -0.4 is 5.32 Å². The van der Waals surface area contributed by atoms with Crippen molar-refractivity contribution in [3.63, 3.8) is 0 Å². The zero-order valence-corrected chi connectivity index (χ0v) is 6.67. The third kappa shape index (κ3) is 1.71. The number of carboxylic acid groups (broad SMARTS) is 1. The van der Waals surface area contributed by atoms with Crippen LogP contribution in [0.4, 0.5) is 0 Å². The summed E-state index contributed by atoms with van der Waals surface area (Å²) in [6, 6.07) is -0.325. The molecule has 0 radical (unpaired) electrons. The Labute approximate surface area is 70.3 Å². The average molecular weight is 169 g/mol. The van der Waals surface area contributed by atoms with E-state index >= 15 is 0 Å². The molecule has 0 unspecified atom stereocenters. The Morgan fingerprint density at radius 2 is 2.17 bits per heavy atom. The molecule has 1 atom stereocenters. The lowest BCUT2D eigenvalue weighted by molar-refractivity contribution is -0.134. The molecule has 66 valence electrons. The van der Waals surface area contributed by atoms with Gasteiger partial charge in [-0.25, -0.2) is 4.79 Å². The molecule has 0 spiro atoms. The Balaban J connectivity index is 2.57. The molecule has 1 rings (SSSR count). The molecule has 1 aliphatic heterocycles. The van der Waals surface area contributed by atoms with Crippen molar-refractivity contribution in [2.75, 3.05) is 6.54 Å². The van der Waals surface area contributed by atoms with Crippen molar-refractivity contribution in [2.45, 2.75) is 18.9 Å². The highest BCUT2D eigenvalue weighted by Gasteiger charge is 2.26. The molecule has 2 N–H and O–H groups in total. The van der Waals surface area contributed by atoms with E-state index in [-0.39, 0.29) is 17.4 Å². The van der Waals surface area contributed by atoms with Crippen LogP contribution in [0.3, 0.4) is 0 Å². The standard InChI is InChI=1S/C8H11NO3/c1-5(8(11)12)7(10)6-3-2-4-9-6/h6,9H,1-4H2,(H,11,12)/t6-/m1/s1. The maximum Gasteiger partial charge on any atom is 0.338 e. The number of hydrogen-bond donors (Lipinski definition) is 2. The molecule has 4 heteroatoms. The summed E-state index contributed by atoms with van der Waals surface area (Å²) in [5, 5.41) is 11.4. The summed E-state index contributed by atoms with van der Waals surface area (Å²) in [7, 11) is 0. The summed E-state index contributed by atoms with van der Waals surface area (Å²) in [5.74, 6) is -1.62. The smallest absolute Gasteiger partial charge is 0.338 e. The second kappa shape index (κ2) is 3.49. The van der Waals surface area contributed by atoms with Crippen LogP contribution in [-0.2, 0) is 9.59 Å². The third-order valence-electron chi connectivity index (χ3n) is 1.93. The molecule has 1 saturated heterocycles. The summed E-state index contributed by atoms with van der Waals surface area (Å²) in [4.78, 5) is 21.6. The first-order valence-corrected chi connectivity index (χ1v) is 3.82. The lowest BCUT2D eigenvalue weighted by Gasteiger charge is -2.07. The number of ketones is 1. The van der Waals surface area contributed by atoms with Crippen LogP contribution in [0, 0.1) is 0 Å². The highest BCUT2D eigenvalue weighted by molar-refractivity contribution is 6.18. The van der Waals surface area contributed by atoms with Crippen molar-refractivity contribution >= 4 is 11.8 Å². The van der Waals surface area contributed by atoms with E-state index in [1.54, 1.807) is 0 Å². The molecule has 4 nitrogen and oxygen atoms in total. The van der Waals surface area contributed by atoms with Gasteiger partial charge >= 0.3 is 5.97 Å². The van der Waals surface area contributed by atoms with Crippen molar-refractivity contribution in [1.29, 1.82) is 0 Å². The summed E-state index contributed by atoms with van der Waals surface area (Å²) in [6.45, 7) is 3.99. The van der Waals surface area contributed by atoms with E-state index < -0.39 is 5.97 Å². The molecule has 0 saturated carbocycles. The van der Waals surface area contributed by atoms with Crippen LogP contribution in [0.15, 0.2) is 12.2 Å². The summed E-state index contributed by atoms with van der Waals surface area (Å²) < 4.78 is 0. The number of carboxylic acids is 1. The maximum atomic E-state index is 11.2. The van der Waals surface area contributed by atoms with E-state index in [9.17, 15) is 9.59 Å². The van der Waals surface area contributed by atoms with Gasteiger partial charge in [0, 0.05) is 0 Å².